The summed E-state index contributed by atoms with van der Waals surface area (Å²) in [6.07, 6.45) is 0. The molecule has 0 aliphatic rings. The quantitative estimate of drug-likeness (QED) is 0.680. The van der Waals surface area contributed by atoms with Crippen molar-refractivity contribution in [1.82, 2.24) is 10.2 Å². The molecule has 4 nitrogen and oxygen atoms in total. The number of alkyl halides is 2. The Morgan fingerprint density at radius 1 is 1.20 bits per heavy atom. The number of furan rings is 1. The van der Waals surface area contributed by atoms with Gasteiger partial charge in [0.15, 0.2) is 0 Å². The van der Waals surface area contributed by atoms with Crippen molar-refractivity contribution < 1.29 is 17.9 Å². The van der Waals surface area contributed by atoms with Crippen LogP contribution in [0.15, 0.2) is 40.8 Å². The molecular formula is C18H24F2N2O2S. The van der Waals surface area contributed by atoms with Crippen molar-refractivity contribution in [3.05, 3.63) is 53.5 Å². The van der Waals surface area contributed by atoms with Gasteiger partial charge in [-0.2, -0.15) is 8.78 Å². The highest BCUT2D eigenvalue weighted by Gasteiger charge is 2.15. The minimum Gasteiger partial charge on any atom is -0.497 e. The Hall–Kier alpha value is -1.57. The first-order valence-electron chi connectivity index (χ1n) is 7.98. The normalized spacial score (nSPS) is 12.8. The molecule has 0 radical (unpaired) electrons. The third kappa shape index (κ3) is 6.34. The zero-order valence-electron chi connectivity index (χ0n) is 14.7. The Morgan fingerprint density at radius 3 is 2.64 bits per heavy atom. The summed E-state index contributed by atoms with van der Waals surface area (Å²) in [5, 5.41) is 3.37. The van der Waals surface area contributed by atoms with E-state index in [0.717, 1.165) is 23.6 Å². The Kier molecular flexibility index (Phi) is 7.74. The summed E-state index contributed by atoms with van der Waals surface area (Å²) in [6.45, 7) is 1.27. The number of rotatable bonds is 10. The number of hydrogen-bond donors (Lipinski definition) is 1. The van der Waals surface area contributed by atoms with Crippen LogP contribution in [0.2, 0.25) is 0 Å². The van der Waals surface area contributed by atoms with E-state index in [2.05, 4.69) is 16.3 Å². The van der Waals surface area contributed by atoms with Crippen LogP contribution in [0.25, 0.3) is 0 Å². The lowest BCUT2D eigenvalue weighted by Crippen LogP contribution is -2.30. The number of nitrogens with zero attached hydrogens (tertiary/aromatic N) is 1. The molecule has 2 rings (SSSR count). The predicted molar refractivity (Wildman–Crippen MR) is 97.1 cm³/mol. The van der Waals surface area contributed by atoms with Gasteiger partial charge in [-0.3, -0.25) is 0 Å². The molecule has 1 N–H and O–H groups in total. The number of halogens is 2. The molecule has 0 aliphatic carbocycles. The first-order valence-corrected chi connectivity index (χ1v) is 9.03. The van der Waals surface area contributed by atoms with Crippen molar-refractivity contribution in [2.45, 2.75) is 24.1 Å². The molecule has 1 aromatic carbocycles. The number of methoxy groups -OCH3 is 1. The van der Waals surface area contributed by atoms with E-state index in [9.17, 15) is 8.78 Å². The largest absolute Gasteiger partial charge is 0.497 e. The number of likely N-dealkylation sites (N-methyl/N-ethyl adjacent to an activating group) is 1. The summed E-state index contributed by atoms with van der Waals surface area (Å²) in [5.74, 6) is -0.0547. The van der Waals surface area contributed by atoms with E-state index in [0.29, 0.717) is 24.1 Å². The molecule has 1 atom stereocenters. The molecule has 0 saturated carbocycles. The van der Waals surface area contributed by atoms with Crippen LogP contribution in [-0.2, 0) is 12.3 Å². The highest BCUT2D eigenvalue weighted by atomic mass is 32.2. The van der Waals surface area contributed by atoms with E-state index in [1.807, 2.05) is 38.4 Å². The van der Waals surface area contributed by atoms with Gasteiger partial charge in [0, 0.05) is 12.6 Å². The van der Waals surface area contributed by atoms with Crippen molar-refractivity contribution in [3.63, 3.8) is 0 Å². The van der Waals surface area contributed by atoms with Crippen LogP contribution in [0.4, 0.5) is 8.78 Å². The first-order chi connectivity index (χ1) is 12.0. The predicted octanol–water partition coefficient (Wildman–Crippen LogP) is 4.14. The minimum atomic E-state index is -2.38. The molecule has 7 heteroatoms. The second-order valence-corrected chi connectivity index (χ2v) is 6.80. The summed E-state index contributed by atoms with van der Waals surface area (Å²) in [5.41, 5.74) is 1.16. The van der Waals surface area contributed by atoms with Gasteiger partial charge in [0.1, 0.15) is 17.3 Å². The molecule has 1 aromatic heterocycles. The average Bonchev–Trinajstić information content (AvgIpc) is 3.04. The van der Waals surface area contributed by atoms with Crippen molar-refractivity contribution in [3.8, 4) is 5.75 Å². The lowest BCUT2D eigenvalue weighted by Gasteiger charge is -2.25. The third-order valence-corrected chi connectivity index (χ3v) is 4.51. The second-order valence-electron chi connectivity index (χ2n) is 5.83. The maximum absolute atomic E-state index is 12.2. The fourth-order valence-electron chi connectivity index (χ4n) is 2.52. The van der Waals surface area contributed by atoms with Crippen LogP contribution in [0.1, 0.15) is 23.1 Å². The summed E-state index contributed by atoms with van der Waals surface area (Å²) < 4.78 is 35.3. The Labute approximate surface area is 151 Å². The lowest BCUT2D eigenvalue weighted by molar-refractivity contribution is 0.251. The average molecular weight is 370 g/mol. The number of thioether (sulfide) groups is 1. The molecule has 0 bridgehead atoms. The van der Waals surface area contributed by atoms with Crippen molar-refractivity contribution in [2.24, 2.45) is 0 Å². The molecule has 0 aliphatic heterocycles. The Balaban J connectivity index is 1.89. The fourth-order valence-corrected chi connectivity index (χ4v) is 2.96. The van der Waals surface area contributed by atoms with Gasteiger partial charge in [-0.25, -0.2) is 0 Å². The zero-order chi connectivity index (χ0) is 18.2. The Bertz CT molecular complexity index is 650. The van der Waals surface area contributed by atoms with Gasteiger partial charge in [-0.1, -0.05) is 23.9 Å². The number of ether oxygens (including phenoxy) is 1. The van der Waals surface area contributed by atoms with E-state index in [-0.39, 0.29) is 11.8 Å². The van der Waals surface area contributed by atoms with Crippen LogP contribution in [0.3, 0.4) is 0 Å². The maximum atomic E-state index is 12.2. The fraction of sp³-hybridized carbons (Fsp3) is 0.444. The minimum absolute atomic E-state index is 0.180. The molecule has 0 fully saturated rings. The van der Waals surface area contributed by atoms with Crippen molar-refractivity contribution in [1.29, 1.82) is 0 Å². The molecular weight excluding hydrogens is 346 g/mol. The molecule has 0 amide bonds. The summed E-state index contributed by atoms with van der Waals surface area (Å²) >= 11 is 0.565. The third-order valence-electron chi connectivity index (χ3n) is 3.81. The second kappa shape index (κ2) is 9.79. The lowest BCUT2D eigenvalue weighted by atomic mass is 10.1. The van der Waals surface area contributed by atoms with Crippen LogP contribution in [0, 0.1) is 0 Å². The monoisotopic (exact) mass is 370 g/mol. The van der Waals surface area contributed by atoms with E-state index >= 15 is 0 Å². The molecule has 2 aromatic rings. The molecule has 1 heterocycles. The zero-order valence-corrected chi connectivity index (χ0v) is 15.5. The van der Waals surface area contributed by atoms with Crippen molar-refractivity contribution >= 4 is 11.8 Å². The van der Waals surface area contributed by atoms with Crippen LogP contribution in [-0.4, -0.2) is 38.4 Å². The van der Waals surface area contributed by atoms with Gasteiger partial charge in [0.25, 0.3) is 5.76 Å². The SMILES string of the molecule is COc1cccc(C(CNCc2ccc(CSC(F)F)o2)N(C)C)c1. The molecule has 25 heavy (non-hydrogen) atoms. The highest BCUT2D eigenvalue weighted by Crippen LogP contribution is 2.23. The van der Waals surface area contributed by atoms with E-state index < -0.39 is 5.76 Å². The van der Waals surface area contributed by atoms with Gasteiger partial charge < -0.3 is 19.4 Å². The van der Waals surface area contributed by atoms with Gasteiger partial charge >= 0.3 is 0 Å². The van der Waals surface area contributed by atoms with Crippen LogP contribution in [0.5, 0.6) is 5.75 Å². The topological polar surface area (TPSA) is 37.6 Å². The number of nitrogens with one attached hydrogen (secondary N) is 1. The van der Waals surface area contributed by atoms with Gasteiger partial charge in [0.2, 0.25) is 0 Å². The molecule has 1 unspecified atom stereocenters. The van der Waals surface area contributed by atoms with Gasteiger partial charge in [0.05, 0.1) is 19.4 Å². The highest BCUT2D eigenvalue weighted by molar-refractivity contribution is 7.98. The van der Waals surface area contributed by atoms with Gasteiger partial charge in [-0.15, -0.1) is 0 Å². The maximum Gasteiger partial charge on any atom is 0.284 e. The smallest absolute Gasteiger partial charge is 0.284 e. The summed E-state index contributed by atoms with van der Waals surface area (Å²) in [4.78, 5) is 2.13. The molecule has 138 valence electrons. The van der Waals surface area contributed by atoms with Crippen LogP contribution >= 0.6 is 11.8 Å². The molecule has 0 saturated heterocycles. The van der Waals surface area contributed by atoms with E-state index in [1.165, 1.54) is 0 Å². The first kappa shape index (κ1) is 19.8. The number of benzene rings is 1. The van der Waals surface area contributed by atoms with Gasteiger partial charge in [-0.05, 0) is 43.9 Å². The standard InChI is InChI=1S/C18H24F2N2O2S/c1-22(2)17(13-5-4-6-14(9-13)23-3)11-21-10-15-7-8-16(24-15)12-25-18(19)20/h4-9,17-18,21H,10-12H2,1-3H3. The summed E-state index contributed by atoms with van der Waals surface area (Å²) in [7, 11) is 5.71. The number of hydrogen-bond acceptors (Lipinski definition) is 5. The van der Waals surface area contributed by atoms with E-state index in [4.69, 9.17) is 9.15 Å². The molecule has 0 spiro atoms. The summed E-state index contributed by atoms with van der Waals surface area (Å²) in [6, 6.07) is 11.7. The van der Waals surface area contributed by atoms with Crippen LogP contribution < -0.4 is 10.1 Å². The Morgan fingerprint density at radius 2 is 1.96 bits per heavy atom. The van der Waals surface area contributed by atoms with Crippen molar-refractivity contribution in [2.75, 3.05) is 27.7 Å². The van der Waals surface area contributed by atoms with E-state index in [1.54, 1.807) is 13.2 Å².